The summed E-state index contributed by atoms with van der Waals surface area (Å²) >= 11 is 0. The predicted octanol–water partition coefficient (Wildman–Crippen LogP) is 5.04. The summed E-state index contributed by atoms with van der Waals surface area (Å²) in [6, 6.07) is 24.6. The third-order valence-corrected chi connectivity index (χ3v) is 3.42. The molecule has 3 aromatic rings. The minimum absolute atomic E-state index is 0.287. The molecule has 0 amide bonds. The molecule has 23 heavy (non-hydrogen) atoms. The smallest absolute Gasteiger partial charge is 0.142 e. The van der Waals surface area contributed by atoms with Gasteiger partial charge in [-0.15, -0.1) is 0 Å². The predicted molar refractivity (Wildman–Crippen MR) is 90.7 cm³/mol. The first-order valence-corrected chi connectivity index (χ1v) is 7.36. The van der Waals surface area contributed by atoms with Gasteiger partial charge in [0.1, 0.15) is 12.4 Å². The largest absolute Gasteiger partial charge is 0.391 e. The maximum absolute atomic E-state index is 13.0. The second-order valence-corrected chi connectivity index (χ2v) is 5.13. The lowest BCUT2D eigenvalue weighted by molar-refractivity contribution is 0.132. The van der Waals surface area contributed by atoms with Crippen LogP contribution in [0.2, 0.25) is 0 Å². The monoisotopic (exact) mass is 305 g/mol. The maximum Gasteiger partial charge on any atom is 0.142 e. The Morgan fingerprint density at radius 3 is 2.30 bits per heavy atom. The SMILES string of the molecule is Fc1cccc(C=NOCc2ccc(-c3ccccc3)cc2)c1. The van der Waals surface area contributed by atoms with Crippen LogP contribution in [0.25, 0.3) is 11.1 Å². The van der Waals surface area contributed by atoms with Gasteiger partial charge >= 0.3 is 0 Å². The van der Waals surface area contributed by atoms with Crippen LogP contribution in [0.4, 0.5) is 4.39 Å². The number of hydrogen-bond acceptors (Lipinski definition) is 2. The summed E-state index contributed by atoms with van der Waals surface area (Å²) < 4.78 is 13.0. The molecule has 0 unspecified atom stereocenters. The van der Waals surface area contributed by atoms with Crippen LogP contribution in [-0.2, 0) is 11.4 Å². The lowest BCUT2D eigenvalue weighted by Gasteiger charge is -2.04. The van der Waals surface area contributed by atoms with E-state index in [4.69, 9.17) is 4.84 Å². The summed E-state index contributed by atoms with van der Waals surface area (Å²) in [6.45, 7) is 0.376. The third kappa shape index (κ3) is 4.27. The first kappa shape index (κ1) is 15.0. The Bertz CT molecular complexity index is 782. The molecule has 3 rings (SSSR count). The topological polar surface area (TPSA) is 21.6 Å². The van der Waals surface area contributed by atoms with Gasteiger partial charge in [-0.2, -0.15) is 0 Å². The van der Waals surface area contributed by atoms with Crippen molar-refractivity contribution in [2.45, 2.75) is 6.61 Å². The first-order valence-electron chi connectivity index (χ1n) is 7.36. The lowest BCUT2D eigenvalue weighted by atomic mass is 10.0. The molecular weight excluding hydrogens is 289 g/mol. The maximum atomic E-state index is 13.0. The first-order chi connectivity index (χ1) is 11.3. The van der Waals surface area contributed by atoms with Gasteiger partial charge in [0.25, 0.3) is 0 Å². The van der Waals surface area contributed by atoms with Crippen molar-refractivity contribution in [2.75, 3.05) is 0 Å². The fourth-order valence-corrected chi connectivity index (χ4v) is 2.22. The second kappa shape index (κ2) is 7.36. The number of hydrogen-bond donors (Lipinski definition) is 0. The average molecular weight is 305 g/mol. The van der Waals surface area contributed by atoms with Gasteiger partial charge in [-0.05, 0) is 34.4 Å². The molecule has 0 aliphatic carbocycles. The summed E-state index contributed by atoms with van der Waals surface area (Å²) in [5.41, 5.74) is 4.05. The summed E-state index contributed by atoms with van der Waals surface area (Å²) in [4.78, 5) is 5.26. The quantitative estimate of drug-likeness (QED) is 0.478. The van der Waals surface area contributed by atoms with E-state index in [1.165, 1.54) is 23.9 Å². The Hall–Kier alpha value is -2.94. The molecule has 0 aliphatic heterocycles. The highest BCUT2D eigenvalue weighted by molar-refractivity contribution is 5.78. The summed E-state index contributed by atoms with van der Waals surface area (Å²) in [6.07, 6.45) is 1.50. The van der Waals surface area contributed by atoms with Crippen molar-refractivity contribution in [1.82, 2.24) is 0 Å². The molecule has 3 heteroatoms. The van der Waals surface area contributed by atoms with Crippen LogP contribution in [0.1, 0.15) is 11.1 Å². The van der Waals surface area contributed by atoms with Crippen LogP contribution in [-0.4, -0.2) is 6.21 Å². The van der Waals surface area contributed by atoms with Crippen molar-refractivity contribution in [3.63, 3.8) is 0 Å². The standard InChI is InChI=1S/C20H16FNO/c21-20-8-4-5-17(13-20)14-22-23-15-16-9-11-19(12-10-16)18-6-2-1-3-7-18/h1-14H,15H2. The van der Waals surface area contributed by atoms with Crippen LogP contribution in [0.5, 0.6) is 0 Å². The van der Waals surface area contributed by atoms with E-state index in [0.717, 1.165) is 11.1 Å². The van der Waals surface area contributed by atoms with Crippen LogP contribution in [0.3, 0.4) is 0 Å². The lowest BCUT2D eigenvalue weighted by Crippen LogP contribution is -1.89. The minimum Gasteiger partial charge on any atom is -0.391 e. The molecule has 2 nitrogen and oxygen atoms in total. The van der Waals surface area contributed by atoms with Gasteiger partial charge < -0.3 is 4.84 Å². The van der Waals surface area contributed by atoms with Crippen molar-refractivity contribution in [2.24, 2.45) is 5.16 Å². The highest BCUT2D eigenvalue weighted by Gasteiger charge is 1.98. The molecule has 0 aliphatic rings. The average Bonchev–Trinajstić information content (AvgIpc) is 2.60. The van der Waals surface area contributed by atoms with Crippen molar-refractivity contribution in [3.8, 4) is 11.1 Å². The Balaban J connectivity index is 1.57. The normalized spacial score (nSPS) is 10.8. The van der Waals surface area contributed by atoms with Crippen LogP contribution < -0.4 is 0 Å². The Morgan fingerprint density at radius 2 is 1.57 bits per heavy atom. The molecule has 114 valence electrons. The van der Waals surface area contributed by atoms with Crippen LogP contribution in [0, 0.1) is 5.82 Å². The number of benzene rings is 3. The molecule has 0 aromatic heterocycles. The molecule has 0 bridgehead atoms. The van der Waals surface area contributed by atoms with Crippen LogP contribution in [0.15, 0.2) is 84.0 Å². The zero-order valence-corrected chi connectivity index (χ0v) is 12.5. The number of rotatable bonds is 5. The van der Waals surface area contributed by atoms with Gasteiger partial charge in [0.05, 0.1) is 6.21 Å². The Labute approximate surface area is 134 Å². The highest BCUT2D eigenvalue weighted by atomic mass is 19.1. The third-order valence-electron chi connectivity index (χ3n) is 3.42. The highest BCUT2D eigenvalue weighted by Crippen LogP contribution is 2.19. The molecule has 0 fully saturated rings. The van der Waals surface area contributed by atoms with Gasteiger partial charge in [-0.1, -0.05) is 71.9 Å². The molecule has 0 heterocycles. The molecular formula is C20H16FNO. The van der Waals surface area contributed by atoms with Crippen LogP contribution >= 0.6 is 0 Å². The van der Waals surface area contributed by atoms with Gasteiger partial charge in [-0.3, -0.25) is 0 Å². The molecule has 3 aromatic carbocycles. The van der Waals surface area contributed by atoms with Crippen molar-refractivity contribution in [1.29, 1.82) is 0 Å². The summed E-state index contributed by atoms with van der Waals surface area (Å²) in [5, 5.41) is 3.87. The fourth-order valence-electron chi connectivity index (χ4n) is 2.22. The Kier molecular flexibility index (Phi) is 4.79. The zero-order chi connectivity index (χ0) is 15.9. The second-order valence-electron chi connectivity index (χ2n) is 5.13. The van der Waals surface area contributed by atoms with E-state index in [-0.39, 0.29) is 5.82 Å². The van der Waals surface area contributed by atoms with Gasteiger partial charge in [0.2, 0.25) is 0 Å². The van der Waals surface area contributed by atoms with Crippen molar-refractivity contribution < 1.29 is 9.23 Å². The molecule has 0 saturated carbocycles. The van der Waals surface area contributed by atoms with E-state index >= 15 is 0 Å². The molecule has 0 saturated heterocycles. The number of nitrogens with zero attached hydrogens (tertiary/aromatic N) is 1. The van der Waals surface area contributed by atoms with E-state index < -0.39 is 0 Å². The van der Waals surface area contributed by atoms with Crippen molar-refractivity contribution in [3.05, 3.63) is 95.8 Å². The molecule has 0 N–H and O–H groups in total. The molecule has 0 radical (unpaired) electrons. The van der Waals surface area contributed by atoms with Gasteiger partial charge in [0.15, 0.2) is 0 Å². The Morgan fingerprint density at radius 1 is 0.826 bits per heavy atom. The molecule has 0 atom stereocenters. The summed E-state index contributed by atoms with van der Waals surface area (Å²) in [7, 11) is 0. The van der Waals surface area contributed by atoms with E-state index in [9.17, 15) is 4.39 Å². The molecule has 0 spiro atoms. The fraction of sp³-hybridized carbons (Fsp3) is 0.0500. The minimum atomic E-state index is -0.287. The van der Waals surface area contributed by atoms with Gasteiger partial charge in [-0.25, -0.2) is 4.39 Å². The van der Waals surface area contributed by atoms with E-state index in [2.05, 4.69) is 29.4 Å². The van der Waals surface area contributed by atoms with E-state index in [1.807, 2.05) is 30.3 Å². The van der Waals surface area contributed by atoms with E-state index in [0.29, 0.717) is 12.2 Å². The zero-order valence-electron chi connectivity index (χ0n) is 12.5. The number of oxime groups is 1. The van der Waals surface area contributed by atoms with Crippen molar-refractivity contribution >= 4 is 6.21 Å². The van der Waals surface area contributed by atoms with Gasteiger partial charge in [0, 0.05) is 0 Å². The summed E-state index contributed by atoms with van der Waals surface area (Å²) in [5.74, 6) is -0.287. The van der Waals surface area contributed by atoms with E-state index in [1.54, 1.807) is 12.1 Å². The number of halogens is 1.